The van der Waals surface area contributed by atoms with E-state index in [0.29, 0.717) is 18.4 Å². The summed E-state index contributed by atoms with van der Waals surface area (Å²) >= 11 is 0. The molecule has 3 aromatic rings. The van der Waals surface area contributed by atoms with Crippen molar-refractivity contribution in [1.29, 1.82) is 0 Å². The lowest BCUT2D eigenvalue weighted by Crippen LogP contribution is -2.23. The number of para-hydroxylation sites is 1. The van der Waals surface area contributed by atoms with Crippen LogP contribution >= 0.6 is 0 Å². The number of ether oxygens (including phenoxy) is 1. The number of allylic oxidation sites excluding steroid dienone is 11. The highest BCUT2D eigenvalue weighted by Gasteiger charge is 2.28. The summed E-state index contributed by atoms with van der Waals surface area (Å²) in [6.45, 7) is 7.88. The molecule has 1 aromatic heterocycles. The van der Waals surface area contributed by atoms with Crippen LogP contribution in [0.2, 0.25) is 0 Å². The van der Waals surface area contributed by atoms with Crippen molar-refractivity contribution in [3.8, 4) is 0 Å². The van der Waals surface area contributed by atoms with Crippen LogP contribution in [-0.4, -0.2) is 41.2 Å². The predicted molar refractivity (Wildman–Crippen MR) is 195 cm³/mol. The number of aryl methyl sites for hydroxylation is 1. The molecule has 2 aromatic carbocycles. The lowest BCUT2D eigenvalue weighted by Gasteiger charge is -2.27. The normalized spacial score (nSPS) is 19.7. The Bertz CT molecular complexity index is 1970. The summed E-state index contributed by atoms with van der Waals surface area (Å²) in [5.41, 5.74) is 7.91. The Morgan fingerprint density at radius 3 is 2.78 bits per heavy atom. The molecule has 2 bridgehead atoms. The summed E-state index contributed by atoms with van der Waals surface area (Å²) in [5.74, 6) is -1.38. The van der Waals surface area contributed by atoms with E-state index in [4.69, 9.17) is 4.74 Å². The van der Waals surface area contributed by atoms with Gasteiger partial charge in [-0.3, -0.25) is 0 Å². The van der Waals surface area contributed by atoms with Gasteiger partial charge in [0.1, 0.15) is 11.5 Å². The molecule has 3 atom stereocenters. The summed E-state index contributed by atoms with van der Waals surface area (Å²) in [5, 5.41) is 10.2. The number of carboxylic acid groups (broad SMARTS) is 1. The predicted octanol–water partition coefficient (Wildman–Crippen LogP) is 9.54. The molecule has 1 amide bonds. The average molecular weight is 660 g/mol. The third kappa shape index (κ3) is 8.38. The molecular weight excluding hydrogens is 617 g/mol. The average Bonchev–Trinajstić information content (AvgIpc) is 3.50. The molecule has 7 nitrogen and oxygen atoms in total. The first kappa shape index (κ1) is 35.0. The fourth-order valence-corrected chi connectivity index (χ4v) is 6.43. The Labute approximate surface area is 286 Å². The number of carbonyl (C=O) groups is 2. The molecule has 8 heteroatoms. The highest BCUT2D eigenvalue weighted by Crippen LogP contribution is 2.37. The zero-order valence-electron chi connectivity index (χ0n) is 28.3. The number of halogens is 1. The minimum Gasteiger partial charge on any atom is -0.463 e. The van der Waals surface area contributed by atoms with E-state index in [1.54, 1.807) is 13.1 Å². The van der Waals surface area contributed by atoms with Gasteiger partial charge in [0.2, 0.25) is 0 Å². The number of aromatic amines is 1. The Hall–Kier alpha value is -5.37. The third-order valence-electron chi connectivity index (χ3n) is 9.04. The van der Waals surface area contributed by atoms with E-state index in [2.05, 4.69) is 53.1 Å². The minimum absolute atomic E-state index is 0.0498. The number of H-pyrrole nitrogens is 1. The van der Waals surface area contributed by atoms with E-state index in [9.17, 15) is 19.1 Å². The van der Waals surface area contributed by atoms with Gasteiger partial charge < -0.3 is 14.8 Å². The second-order valence-electron chi connectivity index (χ2n) is 12.3. The standard InChI is InChI=1S/C41H42FN3O4/c1-5-7-8-13-35(33(6-2)30-17-18-37(42)26(3)19-30)29-12-11-15-34-27(4)31(21-29)23-44-39(34)40(46)49-25-28(22-45-41(47)48)20-32-24-43-38-16-10-9-14-36(32)38/h5,7-14,16-19,21-24,27-29,43H,6,15,20,25H2,1-4H3,(H,47,48)/b7-5?,12-11-,13-8-,31-21?,35-33-,45-22?. The van der Waals surface area contributed by atoms with Crippen LogP contribution in [0.4, 0.5) is 9.18 Å². The molecule has 1 aliphatic carbocycles. The van der Waals surface area contributed by atoms with Gasteiger partial charge in [-0.1, -0.05) is 80.6 Å². The summed E-state index contributed by atoms with van der Waals surface area (Å²) in [6, 6.07) is 13.1. The molecule has 0 fully saturated rings. The molecule has 2 heterocycles. The van der Waals surface area contributed by atoms with Gasteiger partial charge in [0.05, 0.1) is 6.61 Å². The van der Waals surface area contributed by atoms with Crippen LogP contribution in [0.5, 0.6) is 0 Å². The highest BCUT2D eigenvalue weighted by atomic mass is 19.1. The van der Waals surface area contributed by atoms with Crippen LogP contribution in [0, 0.1) is 30.5 Å². The second-order valence-corrected chi connectivity index (χ2v) is 12.3. The lowest BCUT2D eigenvalue weighted by molar-refractivity contribution is -0.139. The first-order valence-corrected chi connectivity index (χ1v) is 16.6. The monoisotopic (exact) mass is 659 g/mol. The largest absolute Gasteiger partial charge is 0.463 e. The molecular formula is C41H42FN3O4. The number of aliphatic imine (C=N–C) groups is 2. The zero-order valence-corrected chi connectivity index (χ0v) is 28.3. The molecule has 0 radical (unpaired) electrons. The van der Waals surface area contributed by atoms with Crippen molar-refractivity contribution in [2.45, 2.75) is 47.0 Å². The number of nitrogens with one attached hydrogen (secondary N) is 1. The van der Waals surface area contributed by atoms with Crippen molar-refractivity contribution in [3.63, 3.8) is 0 Å². The van der Waals surface area contributed by atoms with Gasteiger partial charge in [-0.15, -0.1) is 0 Å². The van der Waals surface area contributed by atoms with Gasteiger partial charge in [-0.25, -0.2) is 19.0 Å². The topological polar surface area (TPSA) is 104 Å². The van der Waals surface area contributed by atoms with Crippen molar-refractivity contribution in [2.24, 2.45) is 27.7 Å². The van der Waals surface area contributed by atoms with Gasteiger partial charge in [-0.2, -0.15) is 4.99 Å². The van der Waals surface area contributed by atoms with Gasteiger partial charge in [0, 0.05) is 47.3 Å². The van der Waals surface area contributed by atoms with Crippen LogP contribution in [0.25, 0.3) is 16.5 Å². The summed E-state index contributed by atoms with van der Waals surface area (Å²) in [6.07, 6.45) is 19.9. The summed E-state index contributed by atoms with van der Waals surface area (Å²) in [4.78, 5) is 36.1. The fraction of sp³-hybridized carbons (Fsp3) is 0.268. The maximum atomic E-state index is 14.2. The number of rotatable bonds is 11. The van der Waals surface area contributed by atoms with Crippen molar-refractivity contribution in [2.75, 3.05) is 6.61 Å². The Morgan fingerprint density at radius 1 is 1.20 bits per heavy atom. The van der Waals surface area contributed by atoms with E-state index >= 15 is 0 Å². The molecule has 5 rings (SSSR count). The number of benzene rings is 2. The number of fused-ring (bicyclic) bond motifs is 3. The van der Waals surface area contributed by atoms with Crippen molar-refractivity contribution in [1.82, 2.24) is 4.98 Å². The van der Waals surface area contributed by atoms with E-state index in [-0.39, 0.29) is 30.0 Å². The van der Waals surface area contributed by atoms with Gasteiger partial charge >= 0.3 is 12.1 Å². The molecule has 0 saturated heterocycles. The van der Waals surface area contributed by atoms with Gasteiger partial charge in [-0.05, 0) is 90.3 Å². The van der Waals surface area contributed by atoms with Gasteiger partial charge in [0.25, 0.3) is 0 Å². The van der Waals surface area contributed by atoms with E-state index in [0.717, 1.165) is 50.7 Å². The highest BCUT2D eigenvalue weighted by molar-refractivity contribution is 5.96. The maximum absolute atomic E-state index is 14.2. The first-order valence-electron chi connectivity index (χ1n) is 16.6. The molecule has 1 aliphatic heterocycles. The quantitative estimate of drug-likeness (QED) is 0.0926. The van der Waals surface area contributed by atoms with Crippen molar-refractivity contribution >= 4 is 41.0 Å². The first-order chi connectivity index (χ1) is 23.7. The molecule has 2 aliphatic rings. The van der Waals surface area contributed by atoms with Gasteiger partial charge in [0.15, 0.2) is 0 Å². The lowest BCUT2D eigenvalue weighted by atomic mass is 9.80. The Kier molecular flexibility index (Phi) is 11.5. The molecule has 3 unspecified atom stereocenters. The molecule has 2 N–H and O–H groups in total. The van der Waals surface area contributed by atoms with Crippen LogP contribution < -0.4 is 0 Å². The minimum atomic E-state index is -1.31. The third-order valence-corrected chi connectivity index (χ3v) is 9.04. The number of esters is 1. The molecule has 0 saturated carbocycles. The van der Waals surface area contributed by atoms with Crippen molar-refractivity contribution < 1.29 is 23.8 Å². The van der Waals surface area contributed by atoms with E-state index < -0.39 is 18.0 Å². The van der Waals surface area contributed by atoms with E-state index in [1.807, 2.05) is 67.7 Å². The summed E-state index contributed by atoms with van der Waals surface area (Å²) in [7, 11) is 0. The van der Waals surface area contributed by atoms with Crippen LogP contribution in [0.15, 0.2) is 124 Å². The fourth-order valence-electron chi connectivity index (χ4n) is 6.43. The van der Waals surface area contributed by atoms with Crippen molar-refractivity contribution in [3.05, 3.63) is 136 Å². The smallest absolute Gasteiger partial charge is 0.430 e. The van der Waals surface area contributed by atoms with E-state index in [1.165, 1.54) is 12.3 Å². The number of hydrogen-bond acceptors (Lipinski definition) is 4. The van der Waals surface area contributed by atoms with Crippen LogP contribution in [0.1, 0.15) is 50.3 Å². The SMILES string of the molecule is CC=C/C=C\C(=C(/CC)c1ccc(F)c(C)c1)C1C=C2C=NC(C(=O)OCC(C=NC(=O)O)Cc3c[nH]c4ccccc34)=C(C/C=C\1)C2C. The number of amides is 1. The zero-order chi connectivity index (χ0) is 34.9. The number of hydrogen-bond donors (Lipinski definition) is 2. The number of carbonyl (C=O) groups excluding carboxylic acids is 1. The number of nitrogens with zero attached hydrogens (tertiary/aromatic N) is 2. The maximum Gasteiger partial charge on any atom is 0.430 e. The molecule has 49 heavy (non-hydrogen) atoms. The Balaban J connectivity index is 1.39. The van der Waals surface area contributed by atoms with Crippen LogP contribution in [0.3, 0.4) is 0 Å². The number of aromatic nitrogens is 1. The Morgan fingerprint density at radius 2 is 2.02 bits per heavy atom. The molecule has 0 spiro atoms. The summed E-state index contributed by atoms with van der Waals surface area (Å²) < 4.78 is 20.0. The van der Waals surface area contributed by atoms with Crippen LogP contribution in [-0.2, 0) is 16.0 Å². The second kappa shape index (κ2) is 16.2. The molecule has 252 valence electrons.